The van der Waals surface area contributed by atoms with Gasteiger partial charge in [-0.15, -0.1) is 12.4 Å². The Morgan fingerprint density at radius 3 is 2.68 bits per heavy atom. The zero-order valence-corrected chi connectivity index (χ0v) is 14.7. The van der Waals surface area contributed by atoms with Gasteiger partial charge in [0.2, 0.25) is 0 Å². The van der Waals surface area contributed by atoms with Crippen LogP contribution in [0.4, 0.5) is 5.82 Å². The molecule has 0 bridgehead atoms. The molecule has 3 unspecified atom stereocenters. The monoisotopic (exact) mass is 324 g/mol. The summed E-state index contributed by atoms with van der Waals surface area (Å²) in [5, 5.41) is 0. The summed E-state index contributed by atoms with van der Waals surface area (Å²) < 4.78 is 0. The van der Waals surface area contributed by atoms with E-state index in [0.29, 0.717) is 12.1 Å². The van der Waals surface area contributed by atoms with E-state index in [-0.39, 0.29) is 12.4 Å². The smallest absolute Gasteiger partial charge is 0.128 e. The molecule has 2 fully saturated rings. The van der Waals surface area contributed by atoms with Crippen LogP contribution in [0.5, 0.6) is 0 Å². The highest BCUT2D eigenvalue weighted by Crippen LogP contribution is 2.37. The topological polar surface area (TPSA) is 45.4 Å². The Kier molecular flexibility index (Phi) is 5.70. The molecule has 2 aliphatic rings. The van der Waals surface area contributed by atoms with Crippen LogP contribution in [-0.2, 0) is 6.54 Å². The molecule has 0 amide bonds. The van der Waals surface area contributed by atoms with Crippen molar-refractivity contribution in [3.8, 4) is 0 Å². The molecule has 1 saturated carbocycles. The van der Waals surface area contributed by atoms with Crippen LogP contribution in [0.2, 0.25) is 0 Å². The predicted octanol–water partition coefficient (Wildman–Crippen LogP) is 2.52. The van der Waals surface area contributed by atoms with Gasteiger partial charge in [0, 0.05) is 45.0 Å². The second kappa shape index (κ2) is 7.16. The molecular weight excluding hydrogens is 296 g/mol. The van der Waals surface area contributed by atoms with Gasteiger partial charge in [0.15, 0.2) is 0 Å². The van der Waals surface area contributed by atoms with Crippen molar-refractivity contribution in [3.05, 3.63) is 23.9 Å². The van der Waals surface area contributed by atoms with Crippen molar-refractivity contribution in [1.29, 1.82) is 0 Å². The lowest BCUT2D eigenvalue weighted by Crippen LogP contribution is -2.30. The number of hydrogen-bond acceptors (Lipinski definition) is 4. The fraction of sp³-hybridized carbons (Fsp3) is 0.706. The fourth-order valence-electron chi connectivity index (χ4n) is 3.77. The van der Waals surface area contributed by atoms with Crippen LogP contribution in [0.25, 0.3) is 0 Å². The number of aromatic nitrogens is 1. The Balaban J connectivity index is 0.00000176. The average molecular weight is 325 g/mol. The molecular formula is C17H29ClN4. The maximum Gasteiger partial charge on any atom is 0.128 e. The Morgan fingerprint density at radius 2 is 2.09 bits per heavy atom. The number of fused-ring (bicyclic) bond motifs is 1. The Labute approximate surface area is 140 Å². The Morgan fingerprint density at radius 1 is 1.32 bits per heavy atom. The van der Waals surface area contributed by atoms with Crippen molar-refractivity contribution in [3.63, 3.8) is 0 Å². The van der Waals surface area contributed by atoms with Crippen LogP contribution < -0.4 is 10.6 Å². The van der Waals surface area contributed by atoms with Crippen molar-refractivity contribution >= 4 is 18.2 Å². The molecule has 3 rings (SSSR count). The quantitative estimate of drug-likeness (QED) is 0.924. The van der Waals surface area contributed by atoms with E-state index >= 15 is 0 Å². The third-order valence-corrected chi connectivity index (χ3v) is 5.34. The lowest BCUT2D eigenvalue weighted by atomic mass is 9.98. The van der Waals surface area contributed by atoms with E-state index in [9.17, 15) is 0 Å². The van der Waals surface area contributed by atoms with Crippen LogP contribution in [0.3, 0.4) is 0 Å². The Hall–Kier alpha value is -0.840. The first-order valence-corrected chi connectivity index (χ1v) is 8.20. The Bertz CT molecular complexity index is 476. The van der Waals surface area contributed by atoms with Crippen LogP contribution in [-0.4, -0.2) is 42.1 Å². The SMILES string of the molecule is CC(C)N(C)c1ccc(CN2CC3CCC(N)C3C2)cn1.Cl. The molecule has 4 nitrogen and oxygen atoms in total. The number of likely N-dealkylation sites (tertiary alicyclic amines) is 1. The molecule has 2 heterocycles. The molecule has 22 heavy (non-hydrogen) atoms. The maximum atomic E-state index is 6.21. The lowest BCUT2D eigenvalue weighted by Gasteiger charge is -2.23. The second-order valence-corrected chi connectivity index (χ2v) is 7.09. The van der Waals surface area contributed by atoms with Gasteiger partial charge < -0.3 is 10.6 Å². The van der Waals surface area contributed by atoms with Crippen LogP contribution >= 0.6 is 12.4 Å². The molecule has 1 aromatic heterocycles. The highest BCUT2D eigenvalue weighted by Gasteiger charge is 2.40. The molecule has 0 spiro atoms. The fourth-order valence-corrected chi connectivity index (χ4v) is 3.77. The number of pyridine rings is 1. The maximum absolute atomic E-state index is 6.21. The largest absolute Gasteiger partial charge is 0.357 e. The summed E-state index contributed by atoms with van der Waals surface area (Å²) in [7, 11) is 2.09. The minimum atomic E-state index is 0. The van der Waals surface area contributed by atoms with E-state index in [4.69, 9.17) is 5.73 Å². The predicted molar refractivity (Wildman–Crippen MR) is 94.5 cm³/mol. The highest BCUT2D eigenvalue weighted by molar-refractivity contribution is 5.85. The summed E-state index contributed by atoms with van der Waals surface area (Å²) in [6, 6.07) is 5.26. The van der Waals surface area contributed by atoms with Gasteiger partial charge in [0.25, 0.3) is 0 Å². The molecule has 1 saturated heterocycles. The average Bonchev–Trinajstić information content (AvgIpc) is 3.01. The number of nitrogens with zero attached hydrogens (tertiary/aromatic N) is 3. The van der Waals surface area contributed by atoms with Crippen molar-refractivity contribution < 1.29 is 0 Å². The summed E-state index contributed by atoms with van der Waals surface area (Å²) in [5.74, 6) is 2.61. The van der Waals surface area contributed by atoms with Gasteiger partial charge in [-0.3, -0.25) is 4.90 Å². The number of nitrogens with two attached hydrogens (primary N) is 1. The summed E-state index contributed by atoms with van der Waals surface area (Å²) >= 11 is 0. The second-order valence-electron chi connectivity index (χ2n) is 7.09. The van der Waals surface area contributed by atoms with Gasteiger partial charge in [-0.25, -0.2) is 4.98 Å². The number of anilines is 1. The van der Waals surface area contributed by atoms with Gasteiger partial charge >= 0.3 is 0 Å². The van der Waals surface area contributed by atoms with E-state index in [1.54, 1.807) is 0 Å². The summed E-state index contributed by atoms with van der Waals surface area (Å²) in [6.07, 6.45) is 4.57. The van der Waals surface area contributed by atoms with E-state index in [1.807, 2.05) is 6.20 Å². The summed E-state index contributed by atoms with van der Waals surface area (Å²) in [5.41, 5.74) is 7.52. The van der Waals surface area contributed by atoms with Crippen LogP contribution in [0.15, 0.2) is 18.3 Å². The minimum absolute atomic E-state index is 0. The van der Waals surface area contributed by atoms with Crippen molar-refractivity contribution in [2.24, 2.45) is 17.6 Å². The van der Waals surface area contributed by atoms with Gasteiger partial charge in [0.1, 0.15) is 5.82 Å². The van der Waals surface area contributed by atoms with E-state index < -0.39 is 0 Å². The van der Waals surface area contributed by atoms with Gasteiger partial charge in [0.05, 0.1) is 0 Å². The third kappa shape index (κ3) is 3.55. The highest BCUT2D eigenvalue weighted by atomic mass is 35.5. The van der Waals surface area contributed by atoms with Gasteiger partial charge in [-0.2, -0.15) is 0 Å². The van der Waals surface area contributed by atoms with Crippen molar-refractivity contribution in [2.45, 2.75) is 45.3 Å². The van der Waals surface area contributed by atoms with Crippen molar-refractivity contribution in [1.82, 2.24) is 9.88 Å². The van der Waals surface area contributed by atoms with E-state index in [0.717, 1.165) is 24.2 Å². The van der Waals surface area contributed by atoms with Gasteiger partial charge in [-0.1, -0.05) is 6.07 Å². The molecule has 3 atom stereocenters. The first-order chi connectivity index (χ1) is 10.0. The van der Waals surface area contributed by atoms with Crippen molar-refractivity contribution in [2.75, 3.05) is 25.0 Å². The number of hydrogen-bond donors (Lipinski definition) is 1. The first-order valence-electron chi connectivity index (χ1n) is 8.20. The third-order valence-electron chi connectivity index (χ3n) is 5.34. The molecule has 0 radical (unpaired) electrons. The first kappa shape index (κ1) is 17.5. The van der Waals surface area contributed by atoms with Crippen LogP contribution in [0.1, 0.15) is 32.3 Å². The molecule has 1 aliphatic heterocycles. The standard InChI is InChI=1S/C17H28N4.ClH/c1-12(2)20(3)17-7-4-13(8-19-17)9-21-10-14-5-6-16(18)15(14)11-21;/h4,7-8,12,14-16H,5-6,9-11,18H2,1-3H3;1H. The van der Waals surface area contributed by atoms with E-state index in [2.05, 4.69) is 47.8 Å². The summed E-state index contributed by atoms with van der Waals surface area (Å²) in [4.78, 5) is 9.35. The molecule has 124 valence electrons. The minimum Gasteiger partial charge on any atom is -0.357 e. The molecule has 0 aromatic carbocycles. The lowest BCUT2D eigenvalue weighted by molar-refractivity contribution is 0.298. The van der Waals surface area contributed by atoms with Gasteiger partial charge in [-0.05, 0) is 50.2 Å². The molecule has 1 aliphatic carbocycles. The molecule has 1 aromatic rings. The zero-order chi connectivity index (χ0) is 15.0. The van der Waals surface area contributed by atoms with Crippen LogP contribution in [0, 0.1) is 11.8 Å². The zero-order valence-electron chi connectivity index (χ0n) is 13.9. The number of rotatable bonds is 4. The summed E-state index contributed by atoms with van der Waals surface area (Å²) in [6.45, 7) is 7.76. The normalized spacial score (nSPS) is 27.8. The number of halogens is 1. The molecule has 5 heteroatoms. The molecule has 2 N–H and O–H groups in total. The van der Waals surface area contributed by atoms with E-state index in [1.165, 1.54) is 31.5 Å².